The van der Waals surface area contributed by atoms with Crippen LogP contribution in [0.2, 0.25) is 0 Å². The van der Waals surface area contributed by atoms with Gasteiger partial charge in [0.15, 0.2) is 12.2 Å². The highest BCUT2D eigenvalue weighted by molar-refractivity contribution is 7.47. The summed E-state index contributed by atoms with van der Waals surface area (Å²) in [5.41, 5.74) is 0. The first-order valence-corrected chi connectivity index (χ1v) is 40.8. The summed E-state index contributed by atoms with van der Waals surface area (Å²) in [7, 11) is -9.96. The number of esters is 4. The van der Waals surface area contributed by atoms with E-state index in [2.05, 4.69) is 88.5 Å². The van der Waals surface area contributed by atoms with Crippen molar-refractivity contribution in [3.05, 3.63) is 85.1 Å². The van der Waals surface area contributed by atoms with Gasteiger partial charge >= 0.3 is 39.5 Å². The fourth-order valence-electron chi connectivity index (χ4n) is 10.1. The molecule has 0 bridgehead atoms. The van der Waals surface area contributed by atoms with Crippen molar-refractivity contribution >= 4 is 39.5 Å². The monoisotopic (exact) mass is 1390 g/mol. The van der Waals surface area contributed by atoms with Crippen LogP contribution in [-0.2, 0) is 65.4 Å². The summed E-state index contributed by atoms with van der Waals surface area (Å²) >= 11 is 0. The molecule has 0 radical (unpaired) electrons. The van der Waals surface area contributed by atoms with E-state index in [1.165, 1.54) is 122 Å². The molecule has 0 fully saturated rings. The molecule has 17 nitrogen and oxygen atoms in total. The van der Waals surface area contributed by atoms with Gasteiger partial charge in [0.1, 0.15) is 19.3 Å². The van der Waals surface area contributed by atoms with Gasteiger partial charge in [0.25, 0.3) is 0 Å². The maximum Gasteiger partial charge on any atom is 0.472 e. The lowest BCUT2D eigenvalue weighted by Crippen LogP contribution is -2.30. The summed E-state index contributed by atoms with van der Waals surface area (Å²) in [4.78, 5) is 72.7. The molecule has 0 aromatic carbocycles. The number of phosphoric ester groups is 2. The highest BCUT2D eigenvalue weighted by Gasteiger charge is 2.30. The Morgan fingerprint density at radius 3 is 0.948 bits per heavy atom. The van der Waals surface area contributed by atoms with E-state index in [0.29, 0.717) is 25.7 Å². The second-order valence-electron chi connectivity index (χ2n) is 25.2. The van der Waals surface area contributed by atoms with E-state index >= 15 is 0 Å². The molecule has 0 rings (SSSR count). The maximum atomic E-state index is 13.1. The van der Waals surface area contributed by atoms with Crippen molar-refractivity contribution in [2.75, 3.05) is 39.6 Å². The number of unbranched alkanes of at least 4 members (excludes halogenated alkanes) is 32. The standard InChI is InChI=1S/C77H136O17P2/c1-5-9-13-17-21-25-29-32-35-38-42-45-49-53-57-61-74(79)87-67-72(93-76(81)63-59-55-51-47-41-28-24-20-16-12-8-4)69-91-95(83,84)89-65-71(78)66-90-96(85,86)92-70-73(94-77(82)64-60-56-52-48-44-40-37-34-31-27-23-19-15-11-7-3)68-88-75(80)62-58-54-50-46-43-39-36-33-30-26-22-18-14-10-6-2/h9,13,21-22,25-26,32-33,35-36,42,45,53,57,71-73,78H,5-8,10-12,14-20,23-24,27-31,34,37-41,43-44,46-52,54-56,58-70H2,1-4H3,(H,83,84)(H,85,86)/b13-9-,25-21-,26-22-,35-32-,36-33-,45-42-,57-53-. The van der Waals surface area contributed by atoms with E-state index < -0.39 is 97.5 Å². The lowest BCUT2D eigenvalue weighted by Gasteiger charge is -2.21. The molecule has 19 heteroatoms. The van der Waals surface area contributed by atoms with Crippen LogP contribution in [0.1, 0.15) is 323 Å². The number of rotatable bonds is 71. The minimum absolute atomic E-state index is 0.0679. The van der Waals surface area contributed by atoms with Gasteiger partial charge in [-0.1, -0.05) is 299 Å². The average molecular weight is 1400 g/mol. The second kappa shape index (κ2) is 69.7. The topological polar surface area (TPSA) is 237 Å². The van der Waals surface area contributed by atoms with E-state index in [1.807, 2.05) is 18.2 Å². The summed E-state index contributed by atoms with van der Waals surface area (Å²) in [6.07, 6.45) is 70.4. The molecule has 0 saturated carbocycles. The highest BCUT2D eigenvalue weighted by atomic mass is 31.2. The van der Waals surface area contributed by atoms with Crippen LogP contribution in [0.25, 0.3) is 0 Å². The molecule has 0 saturated heterocycles. The van der Waals surface area contributed by atoms with Crippen molar-refractivity contribution in [3.8, 4) is 0 Å². The van der Waals surface area contributed by atoms with E-state index in [1.54, 1.807) is 6.08 Å². The van der Waals surface area contributed by atoms with Crippen molar-refractivity contribution in [2.45, 2.75) is 341 Å². The van der Waals surface area contributed by atoms with Crippen molar-refractivity contribution in [1.82, 2.24) is 0 Å². The van der Waals surface area contributed by atoms with Crippen LogP contribution in [0.15, 0.2) is 85.1 Å². The fourth-order valence-corrected chi connectivity index (χ4v) is 11.7. The Kier molecular flexibility index (Phi) is 67.0. The third-order valence-electron chi connectivity index (χ3n) is 15.9. The number of ether oxygens (including phenoxy) is 4. The smallest absolute Gasteiger partial charge is 0.462 e. The highest BCUT2D eigenvalue weighted by Crippen LogP contribution is 2.45. The Hall–Kier alpha value is -3.76. The SMILES string of the molecule is CC/C=C\C/C=C\C/C=C\C/C=C\C/C=C\CC(=O)OCC(COP(=O)(O)OCC(O)COP(=O)(O)OCC(COC(=O)CCCCCCC/C=C\C/C=C\CCCCC)OC(=O)CCCCCCCCCCCCCCCCC)OC(=O)CCCCCCCCCCCCC. The molecule has 556 valence electrons. The molecule has 3 N–H and O–H groups in total. The molecule has 0 aliphatic heterocycles. The normalized spacial score (nSPS) is 14.4. The first-order chi connectivity index (χ1) is 46.7. The molecule has 96 heavy (non-hydrogen) atoms. The van der Waals surface area contributed by atoms with Gasteiger partial charge in [-0.3, -0.25) is 37.3 Å². The number of carbonyl (C=O) groups excluding carboxylic acids is 4. The van der Waals surface area contributed by atoms with Gasteiger partial charge in [-0.25, -0.2) is 9.13 Å². The Balaban J connectivity index is 5.37. The predicted molar refractivity (Wildman–Crippen MR) is 390 cm³/mol. The lowest BCUT2D eigenvalue weighted by atomic mass is 10.0. The average Bonchev–Trinajstić information content (AvgIpc) is 1.11. The number of carbonyl (C=O) groups is 4. The fraction of sp³-hybridized carbons (Fsp3) is 0.766. The van der Waals surface area contributed by atoms with E-state index in [-0.39, 0.29) is 25.7 Å². The number of hydrogen-bond donors (Lipinski definition) is 3. The van der Waals surface area contributed by atoms with E-state index in [9.17, 15) is 43.2 Å². The van der Waals surface area contributed by atoms with Gasteiger partial charge in [-0.15, -0.1) is 0 Å². The van der Waals surface area contributed by atoms with Gasteiger partial charge in [0.05, 0.1) is 32.8 Å². The third-order valence-corrected chi connectivity index (χ3v) is 17.8. The zero-order valence-electron chi connectivity index (χ0n) is 60.5. The lowest BCUT2D eigenvalue weighted by molar-refractivity contribution is -0.161. The molecule has 0 spiro atoms. The first kappa shape index (κ1) is 92.2. The third kappa shape index (κ3) is 68.8. The summed E-state index contributed by atoms with van der Waals surface area (Å²) < 4.78 is 68.3. The molecule has 0 heterocycles. The summed E-state index contributed by atoms with van der Waals surface area (Å²) in [5, 5.41) is 10.6. The summed E-state index contributed by atoms with van der Waals surface area (Å²) in [6.45, 7) is 4.63. The number of aliphatic hydroxyl groups excluding tert-OH is 1. The molecule has 5 atom stereocenters. The quantitative estimate of drug-likeness (QED) is 0.0169. The molecule has 0 aliphatic carbocycles. The zero-order valence-corrected chi connectivity index (χ0v) is 62.3. The largest absolute Gasteiger partial charge is 0.472 e. The van der Waals surface area contributed by atoms with E-state index in [0.717, 1.165) is 122 Å². The van der Waals surface area contributed by atoms with Crippen LogP contribution in [0.4, 0.5) is 0 Å². The van der Waals surface area contributed by atoms with Crippen LogP contribution in [-0.4, -0.2) is 96.7 Å². The van der Waals surface area contributed by atoms with Crippen molar-refractivity contribution in [2.24, 2.45) is 0 Å². The van der Waals surface area contributed by atoms with Gasteiger partial charge in [0, 0.05) is 19.3 Å². The summed E-state index contributed by atoms with van der Waals surface area (Å²) in [5.74, 6) is -2.32. The number of allylic oxidation sites excluding steroid dienone is 13. The second-order valence-corrected chi connectivity index (χ2v) is 28.1. The molecule has 0 amide bonds. The Morgan fingerprint density at radius 2 is 0.583 bits per heavy atom. The van der Waals surface area contributed by atoms with Crippen LogP contribution >= 0.6 is 15.6 Å². The molecule has 0 aromatic heterocycles. The van der Waals surface area contributed by atoms with E-state index in [4.69, 9.17) is 37.0 Å². The summed E-state index contributed by atoms with van der Waals surface area (Å²) in [6, 6.07) is 0. The van der Waals surface area contributed by atoms with Gasteiger partial charge in [-0.05, 0) is 83.5 Å². The van der Waals surface area contributed by atoms with Crippen molar-refractivity contribution < 1.29 is 80.2 Å². The number of phosphoric acid groups is 2. The van der Waals surface area contributed by atoms with Crippen LogP contribution < -0.4 is 0 Å². The van der Waals surface area contributed by atoms with Crippen molar-refractivity contribution in [1.29, 1.82) is 0 Å². The molecular formula is C77H136O17P2. The first-order valence-electron chi connectivity index (χ1n) is 37.8. The molecule has 5 unspecified atom stereocenters. The molecular weight excluding hydrogens is 1260 g/mol. The molecule has 0 aliphatic rings. The maximum absolute atomic E-state index is 13.1. The van der Waals surface area contributed by atoms with Gasteiger partial charge in [0.2, 0.25) is 0 Å². The minimum Gasteiger partial charge on any atom is -0.462 e. The number of aliphatic hydroxyl groups is 1. The minimum atomic E-state index is -4.98. The molecule has 0 aromatic rings. The van der Waals surface area contributed by atoms with Crippen LogP contribution in [0.3, 0.4) is 0 Å². The number of hydrogen-bond acceptors (Lipinski definition) is 15. The Bertz CT molecular complexity index is 2160. The van der Waals surface area contributed by atoms with Crippen LogP contribution in [0, 0.1) is 0 Å². The van der Waals surface area contributed by atoms with Crippen LogP contribution in [0.5, 0.6) is 0 Å². The van der Waals surface area contributed by atoms with Crippen molar-refractivity contribution in [3.63, 3.8) is 0 Å². The Morgan fingerprint density at radius 1 is 0.312 bits per heavy atom. The van der Waals surface area contributed by atoms with Gasteiger partial charge in [-0.2, -0.15) is 0 Å². The zero-order chi connectivity index (χ0) is 70.4. The Labute approximate surface area is 583 Å². The van der Waals surface area contributed by atoms with Gasteiger partial charge < -0.3 is 33.8 Å². The predicted octanol–water partition coefficient (Wildman–Crippen LogP) is 21.4.